The maximum absolute atomic E-state index is 11.2. The minimum Gasteiger partial charge on any atom is -0.396 e. The molecular weight excluding hydrogens is 168 g/mol. The number of nitrogens with one attached hydrogen (secondary N) is 1. The molecule has 0 aromatic carbocycles. The molecule has 0 unspecified atom stereocenters. The van der Waals surface area contributed by atoms with Crippen LogP contribution in [0.2, 0.25) is 0 Å². The Balaban J connectivity index is 2.22. The minimum absolute atomic E-state index is 0.0517. The number of hydrogen-bond donors (Lipinski definition) is 2. The number of aliphatic hydroxyl groups excluding tert-OH is 1. The second kappa shape index (κ2) is 3.96. The smallest absolute Gasteiger partial charge is 0.316 e. The van der Waals surface area contributed by atoms with Crippen molar-refractivity contribution in [1.82, 2.24) is 10.2 Å². The highest BCUT2D eigenvalue weighted by Crippen LogP contribution is 2.47. The average Bonchev–Trinajstić information content (AvgIpc) is 2.82. The third-order valence-corrected chi connectivity index (χ3v) is 2.62. The summed E-state index contributed by atoms with van der Waals surface area (Å²) in [5, 5.41) is 11.6. The van der Waals surface area contributed by atoms with Crippen molar-refractivity contribution in [3.63, 3.8) is 0 Å². The summed E-state index contributed by atoms with van der Waals surface area (Å²) in [7, 11) is 3.45. The molecule has 4 heteroatoms. The van der Waals surface area contributed by atoms with Crippen molar-refractivity contribution in [3.05, 3.63) is 0 Å². The fourth-order valence-corrected chi connectivity index (χ4v) is 1.35. The maximum atomic E-state index is 11.2. The topological polar surface area (TPSA) is 52.6 Å². The zero-order valence-corrected chi connectivity index (χ0v) is 8.34. The van der Waals surface area contributed by atoms with Crippen LogP contribution < -0.4 is 5.32 Å². The lowest BCUT2D eigenvalue weighted by atomic mass is 10.0. The molecule has 2 amide bonds. The molecule has 13 heavy (non-hydrogen) atoms. The second-order valence-corrected chi connectivity index (χ2v) is 4.03. The van der Waals surface area contributed by atoms with E-state index >= 15 is 0 Å². The highest BCUT2D eigenvalue weighted by Gasteiger charge is 2.41. The summed E-state index contributed by atoms with van der Waals surface area (Å²) in [5.74, 6) is 0. The molecule has 4 nitrogen and oxygen atoms in total. The van der Waals surface area contributed by atoms with Gasteiger partial charge in [-0.15, -0.1) is 0 Å². The Morgan fingerprint density at radius 1 is 1.54 bits per heavy atom. The molecule has 1 aliphatic rings. The van der Waals surface area contributed by atoms with E-state index in [1.807, 2.05) is 0 Å². The predicted molar refractivity (Wildman–Crippen MR) is 50.5 cm³/mol. The zero-order valence-electron chi connectivity index (χ0n) is 8.34. The first-order chi connectivity index (χ1) is 6.09. The predicted octanol–water partition coefficient (Wildman–Crippen LogP) is 0.420. The summed E-state index contributed by atoms with van der Waals surface area (Å²) in [6, 6.07) is -0.0517. The van der Waals surface area contributed by atoms with E-state index in [9.17, 15) is 4.79 Å². The van der Waals surface area contributed by atoms with Crippen LogP contribution in [0.15, 0.2) is 0 Å². The zero-order chi connectivity index (χ0) is 9.90. The van der Waals surface area contributed by atoms with Gasteiger partial charge >= 0.3 is 6.03 Å². The monoisotopic (exact) mass is 186 g/mol. The molecule has 0 heterocycles. The Labute approximate surface area is 78.9 Å². The van der Waals surface area contributed by atoms with Gasteiger partial charge in [0.25, 0.3) is 0 Å². The molecule has 1 rings (SSSR count). The highest BCUT2D eigenvalue weighted by atomic mass is 16.3. The number of rotatable bonds is 4. The van der Waals surface area contributed by atoms with Crippen LogP contribution in [0.4, 0.5) is 4.79 Å². The second-order valence-electron chi connectivity index (χ2n) is 4.03. The quantitative estimate of drug-likeness (QED) is 0.668. The van der Waals surface area contributed by atoms with Gasteiger partial charge in [0.2, 0.25) is 0 Å². The van der Waals surface area contributed by atoms with Crippen molar-refractivity contribution in [1.29, 1.82) is 0 Å². The Hall–Kier alpha value is -0.770. The van der Waals surface area contributed by atoms with Gasteiger partial charge in [-0.3, -0.25) is 0 Å². The summed E-state index contributed by atoms with van der Waals surface area (Å²) in [4.78, 5) is 12.7. The van der Waals surface area contributed by atoms with Crippen LogP contribution >= 0.6 is 0 Å². The Kier molecular flexibility index (Phi) is 3.14. The number of aliphatic hydroxyl groups is 1. The van der Waals surface area contributed by atoms with Crippen LogP contribution in [-0.2, 0) is 0 Å². The molecule has 2 N–H and O–H groups in total. The third-order valence-electron chi connectivity index (χ3n) is 2.62. The van der Waals surface area contributed by atoms with E-state index in [1.54, 1.807) is 14.1 Å². The average molecular weight is 186 g/mol. The van der Waals surface area contributed by atoms with Crippen LogP contribution in [0.3, 0.4) is 0 Å². The number of urea groups is 1. The summed E-state index contributed by atoms with van der Waals surface area (Å²) < 4.78 is 0. The first-order valence-corrected chi connectivity index (χ1v) is 4.66. The third kappa shape index (κ3) is 2.88. The van der Waals surface area contributed by atoms with Gasteiger partial charge in [0.05, 0.1) is 0 Å². The molecule has 0 spiro atoms. The van der Waals surface area contributed by atoms with Gasteiger partial charge in [-0.25, -0.2) is 4.79 Å². The molecule has 0 aliphatic heterocycles. The molecule has 76 valence electrons. The molecule has 0 aromatic heterocycles. The molecule has 1 fully saturated rings. The largest absolute Gasteiger partial charge is 0.396 e. The fraction of sp³-hybridized carbons (Fsp3) is 0.889. The van der Waals surface area contributed by atoms with Crippen LogP contribution in [0.25, 0.3) is 0 Å². The van der Waals surface area contributed by atoms with Gasteiger partial charge in [0.15, 0.2) is 0 Å². The van der Waals surface area contributed by atoms with Gasteiger partial charge in [0, 0.05) is 27.2 Å². The minimum atomic E-state index is -0.0517. The SMILES string of the molecule is CN(C)C(=O)NCC1(CCO)CC1. The summed E-state index contributed by atoms with van der Waals surface area (Å²) in [6.07, 6.45) is 3.06. The van der Waals surface area contributed by atoms with E-state index in [0.717, 1.165) is 19.3 Å². The van der Waals surface area contributed by atoms with E-state index in [-0.39, 0.29) is 18.1 Å². The van der Waals surface area contributed by atoms with E-state index < -0.39 is 0 Å². The van der Waals surface area contributed by atoms with Gasteiger partial charge in [-0.1, -0.05) is 0 Å². The summed E-state index contributed by atoms with van der Waals surface area (Å²) in [5.41, 5.74) is 0.209. The van der Waals surface area contributed by atoms with Crippen molar-refractivity contribution >= 4 is 6.03 Å². The lowest BCUT2D eigenvalue weighted by Gasteiger charge is -2.17. The van der Waals surface area contributed by atoms with Crippen molar-refractivity contribution in [2.75, 3.05) is 27.2 Å². The van der Waals surface area contributed by atoms with Gasteiger partial charge in [0.1, 0.15) is 0 Å². The molecule has 0 bridgehead atoms. The van der Waals surface area contributed by atoms with Crippen molar-refractivity contribution in [3.8, 4) is 0 Å². The fourth-order valence-electron chi connectivity index (χ4n) is 1.35. The summed E-state index contributed by atoms with van der Waals surface area (Å²) >= 11 is 0. The number of hydrogen-bond acceptors (Lipinski definition) is 2. The molecule has 0 saturated heterocycles. The molecule has 0 radical (unpaired) electrons. The number of carbonyl (C=O) groups is 1. The molecule has 0 aromatic rings. The van der Waals surface area contributed by atoms with Crippen molar-refractivity contribution < 1.29 is 9.90 Å². The van der Waals surface area contributed by atoms with Crippen LogP contribution in [-0.4, -0.2) is 43.3 Å². The van der Waals surface area contributed by atoms with Gasteiger partial charge in [-0.2, -0.15) is 0 Å². The van der Waals surface area contributed by atoms with Crippen LogP contribution in [0.1, 0.15) is 19.3 Å². The lowest BCUT2D eigenvalue weighted by molar-refractivity contribution is 0.209. The van der Waals surface area contributed by atoms with Crippen LogP contribution in [0.5, 0.6) is 0 Å². The molecule has 1 saturated carbocycles. The molecular formula is C9H18N2O2. The van der Waals surface area contributed by atoms with E-state index in [1.165, 1.54) is 4.90 Å². The first-order valence-electron chi connectivity index (χ1n) is 4.66. The number of amides is 2. The van der Waals surface area contributed by atoms with Gasteiger partial charge < -0.3 is 15.3 Å². The van der Waals surface area contributed by atoms with Crippen molar-refractivity contribution in [2.24, 2.45) is 5.41 Å². The molecule has 1 aliphatic carbocycles. The number of nitrogens with zero attached hydrogens (tertiary/aromatic N) is 1. The summed E-state index contributed by atoms with van der Waals surface area (Å²) in [6.45, 7) is 0.919. The van der Waals surface area contributed by atoms with Crippen LogP contribution in [0, 0.1) is 5.41 Å². The maximum Gasteiger partial charge on any atom is 0.316 e. The van der Waals surface area contributed by atoms with Gasteiger partial charge in [-0.05, 0) is 24.7 Å². The normalized spacial score (nSPS) is 18.1. The first kappa shape index (κ1) is 10.3. The highest BCUT2D eigenvalue weighted by molar-refractivity contribution is 5.73. The Bertz CT molecular complexity index is 188. The van der Waals surface area contributed by atoms with E-state index in [0.29, 0.717) is 6.54 Å². The molecule has 0 atom stereocenters. The Morgan fingerprint density at radius 3 is 2.54 bits per heavy atom. The lowest BCUT2D eigenvalue weighted by Crippen LogP contribution is -2.38. The van der Waals surface area contributed by atoms with E-state index in [4.69, 9.17) is 5.11 Å². The standard InChI is InChI=1S/C9H18N2O2/c1-11(2)8(13)10-7-9(3-4-9)5-6-12/h12H,3-7H2,1-2H3,(H,10,13). The Morgan fingerprint density at radius 2 is 2.15 bits per heavy atom. The van der Waals surface area contributed by atoms with Crippen molar-refractivity contribution in [2.45, 2.75) is 19.3 Å². The number of carbonyl (C=O) groups excluding carboxylic acids is 1. The van der Waals surface area contributed by atoms with E-state index in [2.05, 4.69) is 5.32 Å².